The third-order valence-electron chi connectivity index (χ3n) is 3.19. The van der Waals surface area contributed by atoms with Gasteiger partial charge in [0.05, 0.1) is 7.14 Å². The molecule has 0 spiro atoms. The molecule has 19 heavy (non-hydrogen) atoms. The van der Waals surface area contributed by atoms with Crippen molar-refractivity contribution in [3.05, 3.63) is 59.7 Å². The Bertz CT molecular complexity index is 593. The Balaban J connectivity index is 2.29. The maximum Gasteiger partial charge on any atom is 0.0861 e. The standard InChI is InChI=1S/C17H21OP/c1-4-14-8-10-16(11-9-14)17-7-5-6-15(12-17)13-19(2,3)18/h5-12H,4,13H2,1-3H3. The summed E-state index contributed by atoms with van der Waals surface area (Å²) in [4.78, 5) is 0. The van der Waals surface area contributed by atoms with Crippen LogP contribution in [-0.2, 0) is 17.1 Å². The van der Waals surface area contributed by atoms with E-state index >= 15 is 0 Å². The predicted molar refractivity (Wildman–Crippen MR) is 84.4 cm³/mol. The number of aryl methyl sites for hydroxylation is 1. The maximum absolute atomic E-state index is 11.9. The summed E-state index contributed by atoms with van der Waals surface area (Å²) in [5.74, 6) is 0. The van der Waals surface area contributed by atoms with Crippen LogP contribution in [-0.4, -0.2) is 13.3 Å². The number of hydrogen-bond donors (Lipinski definition) is 0. The average Bonchev–Trinajstić information content (AvgIpc) is 2.37. The van der Waals surface area contributed by atoms with E-state index in [1.165, 1.54) is 16.7 Å². The van der Waals surface area contributed by atoms with E-state index in [1.54, 1.807) is 0 Å². The molecule has 0 heterocycles. The summed E-state index contributed by atoms with van der Waals surface area (Å²) in [7, 11) is -2.01. The minimum Gasteiger partial charge on any atom is -0.324 e. The molecule has 0 aliphatic rings. The Morgan fingerprint density at radius 3 is 2.16 bits per heavy atom. The van der Waals surface area contributed by atoms with Crippen LogP contribution in [0.1, 0.15) is 18.1 Å². The zero-order chi connectivity index (χ0) is 13.9. The molecule has 0 saturated heterocycles. The van der Waals surface area contributed by atoms with Gasteiger partial charge in [0.1, 0.15) is 0 Å². The van der Waals surface area contributed by atoms with Gasteiger partial charge in [-0.1, -0.05) is 55.5 Å². The molecule has 0 aromatic heterocycles. The van der Waals surface area contributed by atoms with Gasteiger partial charge in [-0.25, -0.2) is 0 Å². The Morgan fingerprint density at radius 2 is 1.58 bits per heavy atom. The minimum absolute atomic E-state index is 0.674. The van der Waals surface area contributed by atoms with Crippen LogP contribution in [0.3, 0.4) is 0 Å². The first kappa shape index (κ1) is 14.1. The molecule has 2 rings (SSSR count). The molecule has 0 fully saturated rings. The van der Waals surface area contributed by atoms with Gasteiger partial charge in [0, 0.05) is 6.16 Å². The van der Waals surface area contributed by atoms with Crippen molar-refractivity contribution in [2.24, 2.45) is 0 Å². The second-order valence-corrected chi connectivity index (χ2v) is 8.95. The van der Waals surface area contributed by atoms with E-state index < -0.39 is 7.14 Å². The van der Waals surface area contributed by atoms with Crippen LogP contribution >= 0.6 is 7.14 Å². The summed E-state index contributed by atoms with van der Waals surface area (Å²) >= 11 is 0. The Kier molecular flexibility index (Phi) is 4.27. The second kappa shape index (κ2) is 5.75. The molecule has 0 unspecified atom stereocenters. The Morgan fingerprint density at radius 1 is 0.895 bits per heavy atom. The lowest BCUT2D eigenvalue weighted by atomic mass is 10.0. The van der Waals surface area contributed by atoms with Crippen molar-refractivity contribution in [1.82, 2.24) is 0 Å². The highest BCUT2D eigenvalue weighted by molar-refractivity contribution is 7.61. The van der Waals surface area contributed by atoms with Crippen LogP contribution in [0.25, 0.3) is 11.1 Å². The quantitative estimate of drug-likeness (QED) is 0.713. The minimum atomic E-state index is -2.01. The molecule has 0 aliphatic heterocycles. The van der Waals surface area contributed by atoms with E-state index in [0.717, 1.165) is 12.0 Å². The molecule has 0 N–H and O–H groups in total. The predicted octanol–water partition coefficient (Wildman–Crippen LogP) is 5.04. The number of benzene rings is 2. The fourth-order valence-electron chi connectivity index (χ4n) is 2.22. The fourth-order valence-corrected chi connectivity index (χ4v) is 3.30. The lowest BCUT2D eigenvalue weighted by molar-refractivity contribution is 0.582. The smallest absolute Gasteiger partial charge is 0.0861 e. The van der Waals surface area contributed by atoms with Gasteiger partial charge in [-0.05, 0) is 42.0 Å². The second-order valence-electron chi connectivity index (χ2n) is 5.48. The summed E-state index contributed by atoms with van der Waals surface area (Å²) in [5.41, 5.74) is 4.94. The molecule has 0 atom stereocenters. The first-order chi connectivity index (χ1) is 8.98. The van der Waals surface area contributed by atoms with Crippen LogP contribution in [0.15, 0.2) is 48.5 Å². The largest absolute Gasteiger partial charge is 0.324 e. The fraction of sp³-hybridized carbons (Fsp3) is 0.294. The topological polar surface area (TPSA) is 17.1 Å². The van der Waals surface area contributed by atoms with Crippen molar-refractivity contribution >= 4 is 7.14 Å². The van der Waals surface area contributed by atoms with Crippen molar-refractivity contribution in [3.63, 3.8) is 0 Å². The Labute approximate surface area is 116 Å². The molecular formula is C17H21OP. The zero-order valence-corrected chi connectivity index (χ0v) is 12.8. The highest BCUT2D eigenvalue weighted by atomic mass is 31.2. The van der Waals surface area contributed by atoms with Crippen molar-refractivity contribution in [2.45, 2.75) is 19.5 Å². The molecule has 0 amide bonds. The van der Waals surface area contributed by atoms with Gasteiger partial charge < -0.3 is 4.57 Å². The lowest BCUT2D eigenvalue weighted by Gasteiger charge is -2.09. The average molecular weight is 272 g/mol. The van der Waals surface area contributed by atoms with Crippen molar-refractivity contribution in [1.29, 1.82) is 0 Å². The Hall–Kier alpha value is -1.33. The van der Waals surface area contributed by atoms with E-state index in [9.17, 15) is 4.57 Å². The van der Waals surface area contributed by atoms with Crippen LogP contribution < -0.4 is 0 Å². The number of rotatable bonds is 4. The summed E-state index contributed by atoms with van der Waals surface area (Å²) in [5, 5.41) is 0. The van der Waals surface area contributed by atoms with E-state index in [-0.39, 0.29) is 0 Å². The first-order valence-corrected chi connectivity index (χ1v) is 9.49. The van der Waals surface area contributed by atoms with Crippen LogP contribution in [0.2, 0.25) is 0 Å². The van der Waals surface area contributed by atoms with Crippen LogP contribution in [0, 0.1) is 0 Å². The van der Waals surface area contributed by atoms with Crippen molar-refractivity contribution < 1.29 is 4.57 Å². The van der Waals surface area contributed by atoms with Crippen LogP contribution in [0.4, 0.5) is 0 Å². The van der Waals surface area contributed by atoms with Gasteiger partial charge >= 0.3 is 0 Å². The third-order valence-corrected chi connectivity index (χ3v) is 4.31. The van der Waals surface area contributed by atoms with Gasteiger partial charge in [0.2, 0.25) is 0 Å². The summed E-state index contributed by atoms with van der Waals surface area (Å²) in [6, 6.07) is 17.0. The molecule has 2 aromatic carbocycles. The summed E-state index contributed by atoms with van der Waals surface area (Å²) in [6.07, 6.45) is 1.74. The molecule has 1 nitrogen and oxygen atoms in total. The lowest BCUT2D eigenvalue weighted by Crippen LogP contribution is -1.87. The third kappa shape index (κ3) is 4.08. The first-order valence-electron chi connectivity index (χ1n) is 6.70. The molecule has 0 aliphatic carbocycles. The van der Waals surface area contributed by atoms with E-state index in [0.29, 0.717) is 6.16 Å². The summed E-state index contributed by atoms with van der Waals surface area (Å²) in [6.45, 7) is 5.85. The summed E-state index contributed by atoms with van der Waals surface area (Å²) < 4.78 is 11.9. The van der Waals surface area contributed by atoms with Gasteiger partial charge in [0.25, 0.3) is 0 Å². The van der Waals surface area contributed by atoms with Crippen molar-refractivity contribution in [3.8, 4) is 11.1 Å². The van der Waals surface area contributed by atoms with E-state index in [4.69, 9.17) is 0 Å². The van der Waals surface area contributed by atoms with Gasteiger partial charge in [-0.15, -0.1) is 0 Å². The van der Waals surface area contributed by atoms with E-state index in [2.05, 4.69) is 49.4 Å². The molecule has 2 aromatic rings. The highest BCUT2D eigenvalue weighted by Gasteiger charge is 2.09. The maximum atomic E-state index is 11.9. The molecule has 100 valence electrons. The monoisotopic (exact) mass is 272 g/mol. The highest BCUT2D eigenvalue weighted by Crippen LogP contribution is 2.40. The molecule has 0 saturated carbocycles. The number of hydrogen-bond acceptors (Lipinski definition) is 1. The van der Waals surface area contributed by atoms with Gasteiger partial charge in [-0.2, -0.15) is 0 Å². The van der Waals surface area contributed by atoms with Crippen LogP contribution in [0.5, 0.6) is 0 Å². The molecule has 2 heteroatoms. The van der Waals surface area contributed by atoms with Gasteiger partial charge in [-0.3, -0.25) is 0 Å². The SMILES string of the molecule is CCc1ccc(-c2cccc(CP(C)(C)=O)c2)cc1. The van der Waals surface area contributed by atoms with E-state index in [1.807, 2.05) is 19.4 Å². The molecular weight excluding hydrogens is 251 g/mol. The zero-order valence-electron chi connectivity index (χ0n) is 11.9. The normalized spacial score (nSPS) is 11.5. The molecule has 0 bridgehead atoms. The van der Waals surface area contributed by atoms with Crippen molar-refractivity contribution in [2.75, 3.05) is 13.3 Å². The molecule has 0 radical (unpaired) electrons. The van der Waals surface area contributed by atoms with Gasteiger partial charge in [0.15, 0.2) is 0 Å².